The molecule has 1 aromatic heterocycles. The summed E-state index contributed by atoms with van der Waals surface area (Å²) in [6.45, 7) is 3.43. The zero-order chi connectivity index (χ0) is 17.3. The lowest BCUT2D eigenvalue weighted by Crippen LogP contribution is -2.08. The van der Waals surface area contributed by atoms with Crippen molar-refractivity contribution in [3.8, 4) is 5.75 Å². The van der Waals surface area contributed by atoms with Crippen LogP contribution in [-0.4, -0.2) is 28.3 Å². The van der Waals surface area contributed by atoms with Crippen molar-refractivity contribution in [2.24, 2.45) is 0 Å². The topological polar surface area (TPSA) is 72.0 Å². The Morgan fingerprint density at radius 3 is 2.96 bits per heavy atom. The van der Waals surface area contributed by atoms with Gasteiger partial charge in [-0.05, 0) is 51.2 Å². The number of aromatic nitrogens is 3. The highest BCUT2D eigenvalue weighted by Crippen LogP contribution is 2.26. The quantitative estimate of drug-likeness (QED) is 0.698. The van der Waals surface area contributed by atoms with Crippen molar-refractivity contribution in [2.75, 3.05) is 23.8 Å². The second-order valence-electron chi connectivity index (χ2n) is 6.00. The highest BCUT2D eigenvalue weighted by atomic mass is 16.5. The van der Waals surface area contributed by atoms with Gasteiger partial charge in [-0.2, -0.15) is 10.1 Å². The molecular weight excluding hydrogens is 314 g/mol. The fourth-order valence-electron chi connectivity index (χ4n) is 2.90. The number of hydrogen-bond acceptors (Lipinski definition) is 6. The third-order valence-electron chi connectivity index (χ3n) is 4.13. The van der Waals surface area contributed by atoms with E-state index in [1.165, 1.54) is 25.7 Å². The molecule has 0 amide bonds. The first-order chi connectivity index (χ1) is 12.3. The summed E-state index contributed by atoms with van der Waals surface area (Å²) in [5.41, 5.74) is 2.38. The van der Waals surface area contributed by atoms with Crippen molar-refractivity contribution < 1.29 is 4.74 Å². The number of rotatable bonds is 8. The lowest BCUT2D eigenvalue weighted by atomic mass is 9.97. The molecule has 0 bridgehead atoms. The Kier molecular flexibility index (Phi) is 6.20. The van der Waals surface area contributed by atoms with Crippen LogP contribution >= 0.6 is 0 Å². The maximum atomic E-state index is 5.61. The van der Waals surface area contributed by atoms with Crippen LogP contribution in [-0.2, 0) is 0 Å². The maximum Gasteiger partial charge on any atom is 0.249 e. The normalized spacial score (nSPS) is 13.9. The van der Waals surface area contributed by atoms with Crippen LogP contribution in [0.3, 0.4) is 0 Å². The number of allylic oxidation sites excluding steroid dienone is 1. The molecule has 0 fully saturated rings. The second kappa shape index (κ2) is 9.01. The van der Waals surface area contributed by atoms with E-state index >= 15 is 0 Å². The molecule has 0 unspecified atom stereocenters. The van der Waals surface area contributed by atoms with E-state index in [1.807, 2.05) is 31.2 Å². The van der Waals surface area contributed by atoms with Crippen molar-refractivity contribution in [2.45, 2.75) is 39.0 Å². The van der Waals surface area contributed by atoms with Gasteiger partial charge in [0.05, 0.1) is 18.5 Å². The average Bonchev–Trinajstić information content (AvgIpc) is 2.65. The van der Waals surface area contributed by atoms with E-state index in [4.69, 9.17) is 4.74 Å². The van der Waals surface area contributed by atoms with Gasteiger partial charge >= 0.3 is 0 Å². The molecule has 0 saturated carbocycles. The first kappa shape index (κ1) is 17.2. The highest BCUT2D eigenvalue weighted by molar-refractivity contribution is 5.62. The van der Waals surface area contributed by atoms with Gasteiger partial charge in [0, 0.05) is 6.54 Å². The molecule has 132 valence electrons. The number of nitrogens with one attached hydrogen (secondary N) is 2. The number of hydrogen-bond donors (Lipinski definition) is 2. The van der Waals surface area contributed by atoms with Crippen LogP contribution in [0, 0.1) is 0 Å². The Balaban J connectivity index is 1.59. The van der Waals surface area contributed by atoms with Gasteiger partial charge in [0.15, 0.2) is 5.82 Å². The van der Waals surface area contributed by atoms with Crippen LogP contribution in [0.15, 0.2) is 42.1 Å². The molecule has 3 rings (SSSR count). The van der Waals surface area contributed by atoms with Gasteiger partial charge in [-0.15, -0.1) is 5.10 Å². The van der Waals surface area contributed by atoms with Crippen LogP contribution in [0.1, 0.15) is 39.0 Å². The predicted octanol–water partition coefficient (Wildman–Crippen LogP) is 4.32. The van der Waals surface area contributed by atoms with E-state index < -0.39 is 0 Å². The van der Waals surface area contributed by atoms with Crippen molar-refractivity contribution in [1.82, 2.24) is 15.2 Å². The third-order valence-corrected chi connectivity index (χ3v) is 4.13. The smallest absolute Gasteiger partial charge is 0.249 e. The summed E-state index contributed by atoms with van der Waals surface area (Å²) >= 11 is 0. The SMILES string of the molecule is CCOc1ccccc1Nc1nncc(NCCC2=CCCCC2)n1. The van der Waals surface area contributed by atoms with E-state index in [1.54, 1.807) is 11.8 Å². The van der Waals surface area contributed by atoms with Crippen molar-refractivity contribution in [1.29, 1.82) is 0 Å². The van der Waals surface area contributed by atoms with E-state index in [-0.39, 0.29) is 0 Å². The molecule has 0 saturated heterocycles. The van der Waals surface area contributed by atoms with E-state index in [0.29, 0.717) is 12.6 Å². The summed E-state index contributed by atoms with van der Waals surface area (Å²) in [5.74, 6) is 1.95. The minimum Gasteiger partial charge on any atom is -0.492 e. The standard InChI is InChI=1S/C19H25N5O/c1-2-25-17-11-7-6-10-16(17)22-19-23-18(14-21-24-19)20-13-12-15-8-4-3-5-9-15/h6-8,10-11,14H,2-5,9,12-13H2,1H3,(H2,20,22,23,24). The Morgan fingerprint density at radius 1 is 1.20 bits per heavy atom. The molecule has 25 heavy (non-hydrogen) atoms. The van der Waals surface area contributed by atoms with Gasteiger partial charge in [-0.1, -0.05) is 23.8 Å². The predicted molar refractivity (Wildman–Crippen MR) is 100 cm³/mol. The zero-order valence-electron chi connectivity index (χ0n) is 14.7. The summed E-state index contributed by atoms with van der Waals surface area (Å²) in [6, 6.07) is 7.73. The molecule has 1 aliphatic carbocycles. The Labute approximate surface area is 148 Å². The highest BCUT2D eigenvalue weighted by Gasteiger charge is 2.07. The van der Waals surface area contributed by atoms with E-state index in [0.717, 1.165) is 30.2 Å². The monoisotopic (exact) mass is 339 g/mol. The largest absolute Gasteiger partial charge is 0.492 e. The third kappa shape index (κ3) is 5.17. The van der Waals surface area contributed by atoms with Crippen LogP contribution in [0.4, 0.5) is 17.5 Å². The number of nitrogens with zero attached hydrogens (tertiary/aromatic N) is 3. The summed E-state index contributed by atoms with van der Waals surface area (Å²) in [5, 5.41) is 14.6. The summed E-state index contributed by atoms with van der Waals surface area (Å²) < 4.78 is 5.61. The first-order valence-electron chi connectivity index (χ1n) is 8.95. The number of anilines is 3. The van der Waals surface area contributed by atoms with Crippen LogP contribution in [0.2, 0.25) is 0 Å². The fraction of sp³-hybridized carbons (Fsp3) is 0.421. The molecule has 6 nitrogen and oxygen atoms in total. The van der Waals surface area contributed by atoms with Gasteiger partial charge in [-0.25, -0.2) is 0 Å². The molecule has 1 aliphatic rings. The Bertz CT molecular complexity index is 716. The van der Waals surface area contributed by atoms with Crippen molar-refractivity contribution >= 4 is 17.5 Å². The fourth-order valence-corrected chi connectivity index (χ4v) is 2.90. The van der Waals surface area contributed by atoms with Crippen LogP contribution in [0.25, 0.3) is 0 Å². The Hall–Kier alpha value is -2.63. The molecule has 2 aromatic rings. The molecule has 0 radical (unpaired) electrons. The van der Waals surface area contributed by atoms with E-state index in [2.05, 4.69) is 31.9 Å². The van der Waals surface area contributed by atoms with Gasteiger partial charge < -0.3 is 15.4 Å². The Morgan fingerprint density at radius 2 is 2.12 bits per heavy atom. The van der Waals surface area contributed by atoms with Gasteiger partial charge in [0.25, 0.3) is 0 Å². The molecule has 2 N–H and O–H groups in total. The van der Waals surface area contributed by atoms with Gasteiger partial charge in [0.1, 0.15) is 5.75 Å². The minimum atomic E-state index is 0.453. The maximum absolute atomic E-state index is 5.61. The zero-order valence-corrected chi connectivity index (χ0v) is 14.7. The minimum absolute atomic E-state index is 0.453. The molecule has 0 atom stereocenters. The number of benzene rings is 1. The molecular formula is C19H25N5O. The van der Waals surface area contributed by atoms with E-state index in [9.17, 15) is 0 Å². The number of para-hydroxylation sites is 2. The van der Waals surface area contributed by atoms with Crippen LogP contribution < -0.4 is 15.4 Å². The molecule has 0 aliphatic heterocycles. The van der Waals surface area contributed by atoms with Crippen molar-refractivity contribution in [3.63, 3.8) is 0 Å². The van der Waals surface area contributed by atoms with Crippen LogP contribution in [0.5, 0.6) is 5.75 Å². The molecule has 1 heterocycles. The molecule has 6 heteroatoms. The second-order valence-corrected chi connectivity index (χ2v) is 6.00. The first-order valence-corrected chi connectivity index (χ1v) is 8.95. The average molecular weight is 339 g/mol. The summed E-state index contributed by atoms with van der Waals surface area (Å²) in [7, 11) is 0. The molecule has 0 spiro atoms. The van der Waals surface area contributed by atoms with Crippen molar-refractivity contribution in [3.05, 3.63) is 42.1 Å². The lowest BCUT2D eigenvalue weighted by Gasteiger charge is -2.13. The summed E-state index contributed by atoms with van der Waals surface area (Å²) in [4.78, 5) is 4.48. The van der Waals surface area contributed by atoms with Gasteiger partial charge in [-0.3, -0.25) is 0 Å². The van der Waals surface area contributed by atoms with Gasteiger partial charge in [0.2, 0.25) is 5.95 Å². The number of ether oxygens (including phenoxy) is 1. The summed E-state index contributed by atoms with van der Waals surface area (Å²) in [6.07, 6.45) is 10.2. The molecule has 1 aromatic carbocycles. The lowest BCUT2D eigenvalue weighted by molar-refractivity contribution is 0.342.